The van der Waals surface area contributed by atoms with Gasteiger partial charge in [0.05, 0.1) is 12.4 Å². The third-order valence-corrected chi connectivity index (χ3v) is 3.24. The summed E-state index contributed by atoms with van der Waals surface area (Å²) in [4.78, 5) is 7.74. The molecule has 0 saturated carbocycles. The van der Waals surface area contributed by atoms with E-state index in [1.165, 1.54) is 0 Å². The molecule has 17 heavy (non-hydrogen) atoms. The molecule has 1 N–H and O–H groups in total. The molecule has 0 spiro atoms. The minimum atomic E-state index is -0.203. The van der Waals surface area contributed by atoms with Gasteiger partial charge in [-0.3, -0.25) is 0 Å². The lowest BCUT2D eigenvalue weighted by molar-refractivity contribution is -0.0642. The van der Waals surface area contributed by atoms with Crippen molar-refractivity contribution in [2.45, 2.75) is 18.4 Å². The summed E-state index contributed by atoms with van der Waals surface area (Å²) in [5.41, 5.74) is -0.203. The van der Waals surface area contributed by atoms with Crippen LogP contribution in [0.5, 0.6) is 5.75 Å². The van der Waals surface area contributed by atoms with Crippen molar-refractivity contribution in [3.63, 3.8) is 0 Å². The normalized spacial score (nSPS) is 18.9. The zero-order valence-electron chi connectivity index (χ0n) is 9.78. The maximum atomic E-state index is 5.66. The Morgan fingerprint density at radius 1 is 1.35 bits per heavy atom. The van der Waals surface area contributed by atoms with Gasteiger partial charge in [-0.05, 0) is 37.5 Å². The molecule has 0 aromatic carbocycles. The molecule has 6 heteroatoms. The van der Waals surface area contributed by atoms with Gasteiger partial charge in [0.15, 0.2) is 5.75 Å². The summed E-state index contributed by atoms with van der Waals surface area (Å²) in [6.07, 6.45) is 5.02. The van der Waals surface area contributed by atoms with Crippen molar-refractivity contribution in [3.05, 3.63) is 17.7 Å². The highest BCUT2D eigenvalue weighted by atomic mass is 35.5. The van der Waals surface area contributed by atoms with Crippen LogP contribution < -0.4 is 10.1 Å². The second-order valence-electron chi connectivity index (χ2n) is 4.11. The van der Waals surface area contributed by atoms with Crippen LogP contribution in [0, 0.1) is 0 Å². The first-order valence-electron chi connectivity index (χ1n) is 5.60. The Labute approximate surface area is 105 Å². The number of nitrogens with one attached hydrogen (secondary N) is 1. The molecule has 1 aromatic rings. The molecular formula is C11H16ClN3O2. The lowest BCUT2D eigenvalue weighted by atomic mass is 9.93. The average molecular weight is 258 g/mol. The molecule has 1 aliphatic rings. The van der Waals surface area contributed by atoms with Gasteiger partial charge >= 0.3 is 0 Å². The number of nitrogens with zero attached hydrogens (tertiary/aromatic N) is 2. The lowest BCUT2D eigenvalue weighted by Gasteiger charge is -2.35. The summed E-state index contributed by atoms with van der Waals surface area (Å²) in [6, 6.07) is 0. The van der Waals surface area contributed by atoms with Crippen molar-refractivity contribution in [2.24, 2.45) is 0 Å². The molecule has 0 atom stereocenters. The molecule has 0 aliphatic carbocycles. The van der Waals surface area contributed by atoms with Gasteiger partial charge in [0.1, 0.15) is 12.2 Å². The summed E-state index contributed by atoms with van der Waals surface area (Å²) in [7, 11) is 1.73. The Morgan fingerprint density at radius 3 is 2.59 bits per heavy atom. The molecule has 2 heterocycles. The number of methoxy groups -OCH3 is 1. The minimum absolute atomic E-state index is 0.203. The second kappa shape index (κ2) is 5.62. The van der Waals surface area contributed by atoms with Crippen LogP contribution in [0.15, 0.2) is 12.4 Å². The molecule has 1 fully saturated rings. The molecule has 5 nitrogen and oxygen atoms in total. The predicted octanol–water partition coefficient (Wildman–Crippen LogP) is 1.28. The first-order valence-corrected chi connectivity index (χ1v) is 5.98. The van der Waals surface area contributed by atoms with E-state index < -0.39 is 0 Å². The summed E-state index contributed by atoms with van der Waals surface area (Å²) in [5, 5.41) is 3.52. The smallest absolute Gasteiger partial charge is 0.222 e. The molecular weight excluding hydrogens is 242 g/mol. The van der Waals surface area contributed by atoms with Crippen LogP contribution in [-0.4, -0.2) is 42.4 Å². The van der Waals surface area contributed by atoms with Crippen molar-refractivity contribution in [2.75, 3.05) is 26.8 Å². The van der Waals surface area contributed by atoms with Crippen LogP contribution in [0.2, 0.25) is 5.28 Å². The third kappa shape index (κ3) is 3.28. The number of hydrogen-bond acceptors (Lipinski definition) is 5. The fraction of sp³-hybridized carbons (Fsp3) is 0.636. The van der Waals surface area contributed by atoms with Gasteiger partial charge in [-0.1, -0.05) is 0 Å². The quantitative estimate of drug-likeness (QED) is 0.824. The van der Waals surface area contributed by atoms with Crippen LogP contribution in [0.1, 0.15) is 12.8 Å². The number of piperidine rings is 1. The van der Waals surface area contributed by atoms with Gasteiger partial charge in [0, 0.05) is 7.11 Å². The summed E-state index contributed by atoms with van der Waals surface area (Å²) >= 11 is 5.60. The number of ether oxygens (including phenoxy) is 2. The maximum Gasteiger partial charge on any atom is 0.222 e. The summed E-state index contributed by atoms with van der Waals surface area (Å²) in [5.74, 6) is 0.615. The monoisotopic (exact) mass is 257 g/mol. The first-order chi connectivity index (χ1) is 8.24. The zero-order valence-corrected chi connectivity index (χ0v) is 10.5. The Morgan fingerprint density at radius 2 is 2.00 bits per heavy atom. The van der Waals surface area contributed by atoms with Gasteiger partial charge in [-0.15, -0.1) is 0 Å². The van der Waals surface area contributed by atoms with E-state index >= 15 is 0 Å². The number of hydrogen-bond donors (Lipinski definition) is 1. The molecule has 0 radical (unpaired) electrons. The third-order valence-electron chi connectivity index (χ3n) is 3.05. The van der Waals surface area contributed by atoms with E-state index in [-0.39, 0.29) is 10.9 Å². The van der Waals surface area contributed by atoms with Crippen LogP contribution in [-0.2, 0) is 4.74 Å². The average Bonchev–Trinajstić information content (AvgIpc) is 2.39. The van der Waals surface area contributed by atoms with Gasteiger partial charge in [0.2, 0.25) is 5.28 Å². The van der Waals surface area contributed by atoms with Gasteiger partial charge in [-0.25, -0.2) is 9.97 Å². The van der Waals surface area contributed by atoms with Crippen molar-refractivity contribution in [1.82, 2.24) is 15.3 Å². The van der Waals surface area contributed by atoms with Crippen LogP contribution >= 0.6 is 11.6 Å². The molecule has 0 bridgehead atoms. The summed E-state index contributed by atoms with van der Waals surface area (Å²) in [6.45, 7) is 2.42. The van der Waals surface area contributed by atoms with Crippen molar-refractivity contribution in [3.8, 4) is 5.75 Å². The molecule has 0 unspecified atom stereocenters. The highest BCUT2D eigenvalue weighted by Crippen LogP contribution is 2.23. The Bertz CT molecular complexity index is 352. The van der Waals surface area contributed by atoms with Gasteiger partial charge < -0.3 is 14.8 Å². The van der Waals surface area contributed by atoms with E-state index in [0.29, 0.717) is 12.4 Å². The molecule has 0 amide bonds. The standard InChI is InChI=1S/C11H16ClN3O2/c1-16-11(2-4-13-5-3-11)8-17-9-6-14-10(12)15-7-9/h6-7,13H,2-5,8H2,1H3. The number of halogens is 1. The van der Waals surface area contributed by atoms with E-state index in [1.807, 2.05) is 0 Å². The van der Waals surface area contributed by atoms with E-state index in [9.17, 15) is 0 Å². The highest BCUT2D eigenvalue weighted by molar-refractivity contribution is 6.28. The minimum Gasteiger partial charge on any atom is -0.487 e. The first kappa shape index (κ1) is 12.5. The topological polar surface area (TPSA) is 56.3 Å². The molecule has 94 valence electrons. The van der Waals surface area contributed by atoms with Gasteiger partial charge in [-0.2, -0.15) is 0 Å². The van der Waals surface area contributed by atoms with Crippen molar-refractivity contribution in [1.29, 1.82) is 0 Å². The van der Waals surface area contributed by atoms with Crippen molar-refractivity contribution >= 4 is 11.6 Å². The fourth-order valence-corrected chi connectivity index (χ4v) is 1.98. The molecule has 2 rings (SSSR count). The Hall–Kier alpha value is -0.910. The molecule has 1 aromatic heterocycles. The van der Waals surface area contributed by atoms with Crippen LogP contribution in [0.25, 0.3) is 0 Å². The predicted molar refractivity (Wildman–Crippen MR) is 64.4 cm³/mol. The Balaban J connectivity index is 1.93. The number of aromatic nitrogens is 2. The summed E-state index contributed by atoms with van der Waals surface area (Å²) < 4.78 is 11.3. The Kier molecular flexibility index (Phi) is 4.15. The van der Waals surface area contributed by atoms with Crippen LogP contribution in [0.3, 0.4) is 0 Å². The highest BCUT2D eigenvalue weighted by Gasteiger charge is 2.32. The largest absolute Gasteiger partial charge is 0.487 e. The number of rotatable bonds is 4. The molecule has 1 saturated heterocycles. The SMILES string of the molecule is COC1(COc2cnc(Cl)nc2)CCNCC1. The second-order valence-corrected chi connectivity index (χ2v) is 4.45. The maximum absolute atomic E-state index is 5.66. The van der Waals surface area contributed by atoms with Crippen molar-refractivity contribution < 1.29 is 9.47 Å². The van der Waals surface area contributed by atoms with Gasteiger partial charge in [0.25, 0.3) is 0 Å². The fourth-order valence-electron chi connectivity index (χ4n) is 1.88. The van der Waals surface area contributed by atoms with E-state index in [0.717, 1.165) is 25.9 Å². The van der Waals surface area contributed by atoms with E-state index in [1.54, 1.807) is 19.5 Å². The lowest BCUT2D eigenvalue weighted by Crippen LogP contribution is -2.47. The van der Waals surface area contributed by atoms with Crippen LogP contribution in [0.4, 0.5) is 0 Å². The zero-order chi connectivity index (χ0) is 12.1. The van der Waals surface area contributed by atoms with E-state index in [4.69, 9.17) is 21.1 Å². The molecule has 1 aliphatic heterocycles. The van der Waals surface area contributed by atoms with E-state index in [2.05, 4.69) is 15.3 Å².